The third-order valence-electron chi connectivity index (χ3n) is 2.11. The zero-order valence-electron chi connectivity index (χ0n) is 8.86. The van der Waals surface area contributed by atoms with Crippen molar-refractivity contribution >= 4 is 5.97 Å². The van der Waals surface area contributed by atoms with Crippen molar-refractivity contribution in [1.82, 2.24) is 0 Å². The first-order valence-electron chi connectivity index (χ1n) is 5.19. The molecule has 0 atom stereocenters. The van der Waals surface area contributed by atoms with E-state index in [1.165, 1.54) is 6.07 Å². The van der Waals surface area contributed by atoms with Gasteiger partial charge in [0.25, 0.3) is 0 Å². The highest BCUT2D eigenvalue weighted by atomic mass is 16.5. The Labute approximate surface area is 89.7 Å². The molecular formula is C12H15O3-. The highest BCUT2D eigenvalue weighted by molar-refractivity contribution is 5.89. The molecule has 0 spiro atoms. The Kier molecular flexibility index (Phi) is 4.68. The van der Waals surface area contributed by atoms with Crippen LogP contribution in [0.5, 0.6) is 5.75 Å². The van der Waals surface area contributed by atoms with E-state index in [0.717, 1.165) is 19.3 Å². The van der Waals surface area contributed by atoms with Gasteiger partial charge in [0.2, 0.25) is 0 Å². The van der Waals surface area contributed by atoms with Gasteiger partial charge in [0.1, 0.15) is 5.75 Å². The number of carboxylic acid groups (broad SMARTS) is 1. The Morgan fingerprint density at radius 3 is 2.73 bits per heavy atom. The van der Waals surface area contributed by atoms with Crippen LogP contribution in [0.4, 0.5) is 0 Å². The average Bonchev–Trinajstić information content (AvgIpc) is 2.25. The van der Waals surface area contributed by atoms with Crippen LogP contribution < -0.4 is 9.84 Å². The summed E-state index contributed by atoms with van der Waals surface area (Å²) in [7, 11) is 0. The van der Waals surface area contributed by atoms with Crippen LogP contribution in [-0.4, -0.2) is 12.6 Å². The molecule has 0 aromatic heterocycles. The highest BCUT2D eigenvalue weighted by Gasteiger charge is 2.02. The third kappa shape index (κ3) is 3.62. The van der Waals surface area contributed by atoms with Gasteiger partial charge in [-0.25, -0.2) is 0 Å². The smallest absolute Gasteiger partial charge is 0.128 e. The molecule has 0 aliphatic carbocycles. The molecular weight excluding hydrogens is 192 g/mol. The molecule has 1 aromatic rings. The normalized spacial score (nSPS) is 9.93. The van der Waals surface area contributed by atoms with E-state index < -0.39 is 5.97 Å². The summed E-state index contributed by atoms with van der Waals surface area (Å²) in [6, 6.07) is 6.55. The Bertz CT molecular complexity index is 320. The molecule has 0 heterocycles. The molecule has 1 rings (SSSR count). The standard InChI is InChI=1S/C12H16O3/c1-2-3-6-9-15-11-8-5-4-7-10(11)12(13)14/h4-5,7-8H,2-3,6,9H2,1H3,(H,13,14)/p-1. The first-order valence-corrected chi connectivity index (χ1v) is 5.19. The van der Waals surface area contributed by atoms with Crippen LogP contribution in [0.1, 0.15) is 36.5 Å². The monoisotopic (exact) mass is 207 g/mol. The number of carboxylic acids is 1. The predicted molar refractivity (Wildman–Crippen MR) is 55.8 cm³/mol. The molecule has 0 unspecified atom stereocenters. The van der Waals surface area contributed by atoms with Crippen LogP contribution in [0.15, 0.2) is 24.3 Å². The van der Waals surface area contributed by atoms with Gasteiger partial charge in [-0.1, -0.05) is 31.9 Å². The number of unbranched alkanes of at least 4 members (excludes halogenated alkanes) is 2. The molecule has 0 radical (unpaired) electrons. The number of ether oxygens (including phenoxy) is 1. The van der Waals surface area contributed by atoms with Crippen molar-refractivity contribution in [2.24, 2.45) is 0 Å². The summed E-state index contributed by atoms with van der Waals surface area (Å²) in [5.74, 6) is -0.797. The fourth-order valence-electron chi connectivity index (χ4n) is 1.30. The topological polar surface area (TPSA) is 49.4 Å². The lowest BCUT2D eigenvalue weighted by Gasteiger charge is -2.11. The summed E-state index contributed by atoms with van der Waals surface area (Å²) in [4.78, 5) is 10.7. The van der Waals surface area contributed by atoms with Gasteiger partial charge in [-0.2, -0.15) is 0 Å². The summed E-state index contributed by atoms with van der Waals surface area (Å²) < 4.78 is 5.38. The molecule has 0 aliphatic heterocycles. The number of hydrogen-bond donors (Lipinski definition) is 0. The molecule has 15 heavy (non-hydrogen) atoms. The van der Waals surface area contributed by atoms with Crippen LogP contribution in [0, 0.1) is 0 Å². The number of carbonyl (C=O) groups is 1. The third-order valence-corrected chi connectivity index (χ3v) is 2.11. The van der Waals surface area contributed by atoms with Crippen LogP contribution >= 0.6 is 0 Å². The second-order valence-electron chi connectivity index (χ2n) is 3.34. The van der Waals surface area contributed by atoms with E-state index in [1.807, 2.05) is 0 Å². The van der Waals surface area contributed by atoms with Gasteiger partial charge < -0.3 is 14.6 Å². The minimum absolute atomic E-state index is 0.119. The molecule has 0 bridgehead atoms. The van der Waals surface area contributed by atoms with E-state index in [2.05, 4.69) is 6.92 Å². The number of benzene rings is 1. The Morgan fingerprint density at radius 1 is 1.33 bits per heavy atom. The molecule has 82 valence electrons. The van der Waals surface area contributed by atoms with Crippen molar-refractivity contribution in [3.8, 4) is 5.75 Å². The second kappa shape index (κ2) is 6.06. The van der Waals surface area contributed by atoms with E-state index in [4.69, 9.17) is 4.74 Å². The van der Waals surface area contributed by atoms with Crippen molar-refractivity contribution in [1.29, 1.82) is 0 Å². The van der Waals surface area contributed by atoms with Crippen molar-refractivity contribution in [3.63, 3.8) is 0 Å². The summed E-state index contributed by atoms with van der Waals surface area (Å²) in [5.41, 5.74) is 0.119. The van der Waals surface area contributed by atoms with Gasteiger partial charge >= 0.3 is 0 Å². The molecule has 0 aliphatic rings. The van der Waals surface area contributed by atoms with Crippen LogP contribution in [0.3, 0.4) is 0 Å². The van der Waals surface area contributed by atoms with Gasteiger partial charge in [0.05, 0.1) is 12.6 Å². The summed E-state index contributed by atoms with van der Waals surface area (Å²) in [6.45, 7) is 2.66. The SMILES string of the molecule is CCCCCOc1ccccc1C(=O)[O-]. The van der Waals surface area contributed by atoms with Crippen LogP contribution in [-0.2, 0) is 0 Å². The Morgan fingerprint density at radius 2 is 2.07 bits per heavy atom. The maximum Gasteiger partial charge on any atom is 0.128 e. The van der Waals surface area contributed by atoms with Gasteiger partial charge in [-0.3, -0.25) is 0 Å². The first-order chi connectivity index (χ1) is 7.25. The number of aromatic carboxylic acids is 1. The number of hydrogen-bond acceptors (Lipinski definition) is 3. The summed E-state index contributed by atoms with van der Waals surface area (Å²) in [5, 5.41) is 10.7. The number of carbonyl (C=O) groups excluding carboxylic acids is 1. The zero-order valence-corrected chi connectivity index (χ0v) is 8.86. The van der Waals surface area contributed by atoms with Gasteiger partial charge in [0, 0.05) is 5.56 Å². The minimum Gasteiger partial charge on any atom is -0.545 e. The van der Waals surface area contributed by atoms with E-state index >= 15 is 0 Å². The zero-order chi connectivity index (χ0) is 11.1. The number of para-hydroxylation sites is 1. The maximum absolute atomic E-state index is 10.7. The van der Waals surface area contributed by atoms with Crippen LogP contribution in [0.25, 0.3) is 0 Å². The van der Waals surface area contributed by atoms with Crippen molar-refractivity contribution in [2.45, 2.75) is 26.2 Å². The lowest BCUT2D eigenvalue weighted by molar-refractivity contribution is -0.255. The van der Waals surface area contributed by atoms with Gasteiger partial charge in [-0.05, 0) is 18.6 Å². The van der Waals surface area contributed by atoms with Gasteiger partial charge in [0.15, 0.2) is 0 Å². The molecule has 0 N–H and O–H groups in total. The molecule has 0 amide bonds. The summed E-state index contributed by atoms with van der Waals surface area (Å²) in [6.07, 6.45) is 3.15. The Balaban J connectivity index is 2.56. The fourth-order valence-corrected chi connectivity index (χ4v) is 1.30. The molecule has 3 nitrogen and oxygen atoms in total. The number of rotatable bonds is 6. The predicted octanol–water partition coefficient (Wildman–Crippen LogP) is 1.62. The van der Waals surface area contributed by atoms with E-state index in [0.29, 0.717) is 12.4 Å². The van der Waals surface area contributed by atoms with Crippen molar-refractivity contribution < 1.29 is 14.6 Å². The lowest BCUT2D eigenvalue weighted by atomic mass is 10.2. The van der Waals surface area contributed by atoms with Crippen molar-refractivity contribution in [3.05, 3.63) is 29.8 Å². The fraction of sp³-hybridized carbons (Fsp3) is 0.417. The molecule has 0 saturated heterocycles. The largest absolute Gasteiger partial charge is 0.545 e. The molecule has 0 fully saturated rings. The van der Waals surface area contributed by atoms with E-state index in [-0.39, 0.29) is 5.56 Å². The Hall–Kier alpha value is -1.51. The molecule has 0 saturated carbocycles. The molecule has 1 aromatic carbocycles. The quantitative estimate of drug-likeness (QED) is 0.666. The maximum atomic E-state index is 10.7. The first kappa shape index (κ1) is 11.6. The summed E-state index contributed by atoms with van der Waals surface area (Å²) >= 11 is 0. The average molecular weight is 207 g/mol. The minimum atomic E-state index is -1.19. The van der Waals surface area contributed by atoms with Gasteiger partial charge in [-0.15, -0.1) is 0 Å². The van der Waals surface area contributed by atoms with Crippen LogP contribution in [0.2, 0.25) is 0 Å². The van der Waals surface area contributed by atoms with Crippen molar-refractivity contribution in [2.75, 3.05) is 6.61 Å². The highest BCUT2D eigenvalue weighted by Crippen LogP contribution is 2.17. The lowest BCUT2D eigenvalue weighted by Crippen LogP contribution is -2.23. The molecule has 3 heteroatoms. The van der Waals surface area contributed by atoms with E-state index in [1.54, 1.807) is 18.2 Å². The van der Waals surface area contributed by atoms with E-state index in [9.17, 15) is 9.90 Å². The second-order valence-corrected chi connectivity index (χ2v) is 3.34.